The van der Waals surface area contributed by atoms with Crippen molar-refractivity contribution in [1.82, 2.24) is 4.98 Å². The summed E-state index contributed by atoms with van der Waals surface area (Å²) in [4.78, 5) is 3.98. The van der Waals surface area contributed by atoms with Gasteiger partial charge >= 0.3 is 0 Å². The molecule has 1 aromatic heterocycles. The van der Waals surface area contributed by atoms with E-state index in [9.17, 15) is 0 Å². The van der Waals surface area contributed by atoms with Crippen molar-refractivity contribution in [3.05, 3.63) is 57.8 Å². The minimum Gasteiger partial charge on any atom is -0.382 e. The van der Waals surface area contributed by atoms with Crippen molar-refractivity contribution in [2.45, 2.75) is 6.42 Å². The third-order valence-corrected chi connectivity index (χ3v) is 3.23. The first-order chi connectivity index (χ1) is 9.20. The van der Waals surface area contributed by atoms with Crippen LogP contribution in [0.25, 0.3) is 0 Å². The molecule has 0 aliphatic rings. The smallest absolute Gasteiger partial charge is 0.163 e. The van der Waals surface area contributed by atoms with Gasteiger partial charge < -0.3 is 5.32 Å². The maximum atomic E-state index is 8.92. The Kier molecular flexibility index (Phi) is 4.62. The van der Waals surface area contributed by atoms with Crippen LogP contribution in [0, 0.1) is 11.3 Å². The molecule has 0 saturated carbocycles. The van der Waals surface area contributed by atoms with Crippen LogP contribution in [-0.4, -0.2) is 11.5 Å². The number of aromatic nitrogens is 1. The first-order valence-electron chi connectivity index (χ1n) is 5.73. The van der Waals surface area contributed by atoms with Gasteiger partial charge in [-0.15, -0.1) is 0 Å². The second-order valence-corrected chi connectivity index (χ2v) is 4.77. The van der Waals surface area contributed by atoms with Crippen LogP contribution in [0.3, 0.4) is 0 Å². The summed E-state index contributed by atoms with van der Waals surface area (Å²) in [5.41, 5.74) is 2.14. The van der Waals surface area contributed by atoms with Gasteiger partial charge in [0.15, 0.2) is 5.69 Å². The molecule has 0 bridgehead atoms. The lowest BCUT2D eigenvalue weighted by molar-refractivity contribution is 1.01. The van der Waals surface area contributed by atoms with Gasteiger partial charge in [0.05, 0.1) is 5.69 Å². The van der Waals surface area contributed by atoms with Crippen LogP contribution in [0.2, 0.25) is 10.0 Å². The van der Waals surface area contributed by atoms with Crippen molar-refractivity contribution >= 4 is 28.9 Å². The summed E-state index contributed by atoms with van der Waals surface area (Å²) in [5, 5.41) is 13.4. The SMILES string of the molecule is N#Cc1ncccc1NCCc1ccc(Cl)cc1Cl. The highest BCUT2D eigenvalue weighted by Crippen LogP contribution is 2.21. The topological polar surface area (TPSA) is 48.7 Å². The van der Waals surface area contributed by atoms with Crippen molar-refractivity contribution in [3.63, 3.8) is 0 Å². The predicted octanol–water partition coefficient (Wildman–Crippen LogP) is 3.91. The Labute approximate surface area is 121 Å². The molecule has 0 fully saturated rings. The average Bonchev–Trinajstić information content (AvgIpc) is 2.42. The van der Waals surface area contributed by atoms with Gasteiger partial charge in [-0.25, -0.2) is 4.98 Å². The number of halogens is 2. The van der Waals surface area contributed by atoms with Gasteiger partial charge in [-0.05, 0) is 36.2 Å². The van der Waals surface area contributed by atoms with Crippen molar-refractivity contribution in [2.75, 3.05) is 11.9 Å². The third-order valence-electron chi connectivity index (χ3n) is 2.64. The van der Waals surface area contributed by atoms with Crippen molar-refractivity contribution < 1.29 is 0 Å². The van der Waals surface area contributed by atoms with E-state index < -0.39 is 0 Å². The van der Waals surface area contributed by atoms with E-state index in [2.05, 4.69) is 10.3 Å². The molecule has 19 heavy (non-hydrogen) atoms. The highest BCUT2D eigenvalue weighted by molar-refractivity contribution is 6.35. The average molecular weight is 292 g/mol. The van der Waals surface area contributed by atoms with E-state index in [1.54, 1.807) is 18.3 Å². The van der Waals surface area contributed by atoms with Crippen LogP contribution in [0.15, 0.2) is 36.5 Å². The lowest BCUT2D eigenvalue weighted by Crippen LogP contribution is -2.07. The van der Waals surface area contributed by atoms with Gasteiger partial charge in [-0.1, -0.05) is 29.3 Å². The molecule has 5 heteroatoms. The molecule has 0 unspecified atom stereocenters. The lowest BCUT2D eigenvalue weighted by Gasteiger charge is -2.08. The molecule has 2 aromatic rings. The molecule has 0 atom stereocenters. The number of rotatable bonds is 4. The fraction of sp³-hybridized carbons (Fsp3) is 0.143. The van der Waals surface area contributed by atoms with Crippen LogP contribution >= 0.6 is 23.2 Å². The molecule has 1 N–H and O–H groups in total. The molecular weight excluding hydrogens is 281 g/mol. The third kappa shape index (κ3) is 3.60. The highest BCUT2D eigenvalue weighted by atomic mass is 35.5. The van der Waals surface area contributed by atoms with Gasteiger partial charge in [-0.3, -0.25) is 0 Å². The maximum absolute atomic E-state index is 8.92. The lowest BCUT2D eigenvalue weighted by atomic mass is 10.1. The molecule has 0 saturated heterocycles. The Bertz CT molecular complexity index is 620. The monoisotopic (exact) mass is 291 g/mol. The molecule has 0 radical (unpaired) electrons. The molecule has 3 nitrogen and oxygen atoms in total. The van der Waals surface area contributed by atoms with Crippen LogP contribution in [0.5, 0.6) is 0 Å². The van der Waals surface area contributed by atoms with E-state index >= 15 is 0 Å². The summed E-state index contributed by atoms with van der Waals surface area (Å²) in [6, 6.07) is 11.1. The van der Waals surface area contributed by atoms with Gasteiger partial charge in [0.2, 0.25) is 0 Å². The van der Waals surface area contributed by atoms with Crippen LogP contribution in [-0.2, 0) is 6.42 Å². The zero-order chi connectivity index (χ0) is 13.7. The second kappa shape index (κ2) is 6.42. The van der Waals surface area contributed by atoms with Crippen molar-refractivity contribution in [3.8, 4) is 6.07 Å². The standard InChI is InChI=1S/C14H11Cl2N3/c15-11-4-3-10(12(16)8-11)5-7-19-13-2-1-6-18-14(13)9-17/h1-4,6,8,19H,5,7H2. The first-order valence-corrected chi connectivity index (χ1v) is 6.49. The minimum atomic E-state index is 0.393. The molecule has 2 rings (SSSR count). The number of nitriles is 1. The number of pyridine rings is 1. The van der Waals surface area contributed by atoms with E-state index in [0.717, 1.165) is 17.7 Å². The number of hydrogen-bond acceptors (Lipinski definition) is 3. The Morgan fingerprint density at radius 1 is 1.26 bits per heavy atom. The summed E-state index contributed by atoms with van der Waals surface area (Å²) in [6.07, 6.45) is 2.34. The Balaban J connectivity index is 1.99. The minimum absolute atomic E-state index is 0.393. The normalized spacial score (nSPS) is 9.95. The van der Waals surface area contributed by atoms with Crippen molar-refractivity contribution in [2.24, 2.45) is 0 Å². The fourth-order valence-electron chi connectivity index (χ4n) is 1.69. The molecule has 0 spiro atoms. The van der Waals surface area contributed by atoms with E-state index in [1.807, 2.05) is 24.3 Å². The predicted molar refractivity (Wildman–Crippen MR) is 77.6 cm³/mol. The molecular formula is C14H11Cl2N3. The van der Waals surface area contributed by atoms with Crippen molar-refractivity contribution in [1.29, 1.82) is 5.26 Å². The van der Waals surface area contributed by atoms with E-state index in [0.29, 0.717) is 22.3 Å². The quantitative estimate of drug-likeness (QED) is 0.929. The second-order valence-electron chi connectivity index (χ2n) is 3.92. The summed E-state index contributed by atoms with van der Waals surface area (Å²) in [6.45, 7) is 0.668. The van der Waals surface area contributed by atoms with E-state index in [4.69, 9.17) is 28.5 Å². The summed E-state index contributed by atoms with van der Waals surface area (Å²) >= 11 is 11.9. The number of nitrogens with one attached hydrogen (secondary N) is 1. The largest absolute Gasteiger partial charge is 0.382 e. The Morgan fingerprint density at radius 2 is 2.11 bits per heavy atom. The summed E-state index contributed by atoms with van der Waals surface area (Å²) < 4.78 is 0. The van der Waals surface area contributed by atoms with Crippen LogP contribution < -0.4 is 5.32 Å². The van der Waals surface area contributed by atoms with Gasteiger partial charge in [0.25, 0.3) is 0 Å². The summed E-state index contributed by atoms with van der Waals surface area (Å²) in [5.74, 6) is 0. The number of anilines is 1. The Hall–Kier alpha value is -1.76. The molecule has 1 heterocycles. The van der Waals surface area contributed by atoms with E-state index in [1.165, 1.54) is 0 Å². The Morgan fingerprint density at radius 3 is 2.84 bits per heavy atom. The summed E-state index contributed by atoms with van der Waals surface area (Å²) in [7, 11) is 0. The van der Waals surface area contributed by atoms with Crippen LogP contribution in [0.4, 0.5) is 5.69 Å². The van der Waals surface area contributed by atoms with E-state index in [-0.39, 0.29) is 0 Å². The van der Waals surface area contributed by atoms with Gasteiger partial charge in [0.1, 0.15) is 6.07 Å². The molecule has 0 aliphatic carbocycles. The van der Waals surface area contributed by atoms with Gasteiger partial charge in [-0.2, -0.15) is 5.26 Å². The number of hydrogen-bond donors (Lipinski definition) is 1. The highest BCUT2D eigenvalue weighted by Gasteiger charge is 2.03. The first kappa shape index (κ1) is 13.7. The number of benzene rings is 1. The number of nitrogens with zero attached hydrogens (tertiary/aromatic N) is 2. The molecule has 0 amide bonds. The molecule has 0 aliphatic heterocycles. The zero-order valence-corrected chi connectivity index (χ0v) is 11.5. The maximum Gasteiger partial charge on any atom is 0.163 e. The van der Waals surface area contributed by atoms with Gasteiger partial charge in [0, 0.05) is 22.8 Å². The zero-order valence-electron chi connectivity index (χ0n) is 10.0. The fourth-order valence-corrected chi connectivity index (χ4v) is 2.20. The van der Waals surface area contributed by atoms with Crippen LogP contribution in [0.1, 0.15) is 11.3 Å². The molecule has 96 valence electrons. The molecule has 1 aromatic carbocycles.